The molecule has 0 atom stereocenters. The summed E-state index contributed by atoms with van der Waals surface area (Å²) in [6.45, 7) is 6.72. The Balaban J connectivity index is 2.92. The third kappa shape index (κ3) is 13.7. The van der Waals surface area contributed by atoms with Crippen LogP contribution in [0.25, 0.3) is 0 Å². The molecule has 0 fully saturated rings. The monoisotopic (exact) mass is 211 g/mol. The van der Waals surface area contributed by atoms with E-state index in [9.17, 15) is 0 Å². The van der Waals surface area contributed by atoms with Gasteiger partial charge in [0.1, 0.15) is 0 Å². The zero-order valence-corrected chi connectivity index (χ0v) is 10.7. The Morgan fingerprint density at radius 2 is 1.53 bits per heavy atom. The van der Waals surface area contributed by atoms with E-state index < -0.39 is 0 Å². The first-order chi connectivity index (χ1) is 7.41. The summed E-state index contributed by atoms with van der Waals surface area (Å²) in [5.74, 6) is 0. The molecule has 0 heterocycles. The van der Waals surface area contributed by atoms with E-state index in [0.29, 0.717) is 0 Å². The van der Waals surface area contributed by atoms with Crippen LogP contribution in [0.5, 0.6) is 0 Å². The van der Waals surface area contributed by atoms with Gasteiger partial charge >= 0.3 is 0 Å². The van der Waals surface area contributed by atoms with E-state index in [1.165, 1.54) is 57.9 Å². The summed E-state index contributed by atoms with van der Waals surface area (Å²) < 4.78 is 0. The standard InChI is InChI=1S/C14H29N/c1-3-5-7-9-10-12-14-15-13-11-8-6-4-2/h8,11,15H,3-7,9-10,12-14H2,1-2H3/b11-8+. The Kier molecular flexibility index (Phi) is 13.4. The van der Waals surface area contributed by atoms with Gasteiger partial charge in [-0.2, -0.15) is 0 Å². The summed E-state index contributed by atoms with van der Waals surface area (Å²) in [6.07, 6.45) is 15.3. The van der Waals surface area contributed by atoms with Gasteiger partial charge in [-0.1, -0.05) is 64.5 Å². The molecule has 1 N–H and O–H groups in total. The average molecular weight is 211 g/mol. The number of nitrogens with one attached hydrogen (secondary N) is 1. The Bertz CT molecular complexity index is 129. The Hall–Kier alpha value is -0.300. The minimum Gasteiger partial charge on any atom is -0.313 e. The summed E-state index contributed by atoms with van der Waals surface area (Å²) in [4.78, 5) is 0. The van der Waals surface area contributed by atoms with Gasteiger partial charge in [-0.15, -0.1) is 0 Å². The molecule has 0 saturated carbocycles. The van der Waals surface area contributed by atoms with Gasteiger partial charge in [0.25, 0.3) is 0 Å². The molecule has 0 rings (SSSR count). The van der Waals surface area contributed by atoms with Crippen molar-refractivity contribution in [1.82, 2.24) is 5.32 Å². The lowest BCUT2D eigenvalue weighted by Crippen LogP contribution is -2.14. The zero-order valence-electron chi connectivity index (χ0n) is 10.7. The molecule has 0 saturated heterocycles. The van der Waals surface area contributed by atoms with E-state index in [4.69, 9.17) is 0 Å². The third-order valence-electron chi connectivity index (χ3n) is 2.59. The molecule has 0 unspecified atom stereocenters. The Morgan fingerprint density at radius 3 is 2.27 bits per heavy atom. The first-order valence-corrected chi connectivity index (χ1v) is 6.77. The molecule has 0 aromatic heterocycles. The molecule has 0 bridgehead atoms. The molecule has 0 radical (unpaired) electrons. The van der Waals surface area contributed by atoms with Gasteiger partial charge in [-0.25, -0.2) is 0 Å². The van der Waals surface area contributed by atoms with E-state index in [1.54, 1.807) is 0 Å². The Morgan fingerprint density at radius 1 is 0.800 bits per heavy atom. The van der Waals surface area contributed by atoms with Crippen molar-refractivity contribution in [3.63, 3.8) is 0 Å². The topological polar surface area (TPSA) is 12.0 Å². The van der Waals surface area contributed by atoms with Crippen molar-refractivity contribution in [2.75, 3.05) is 13.1 Å². The largest absolute Gasteiger partial charge is 0.313 e. The minimum absolute atomic E-state index is 1.05. The molecule has 1 nitrogen and oxygen atoms in total. The fourth-order valence-corrected chi connectivity index (χ4v) is 1.58. The van der Waals surface area contributed by atoms with Gasteiger partial charge in [0.15, 0.2) is 0 Å². The van der Waals surface area contributed by atoms with Crippen LogP contribution in [0.2, 0.25) is 0 Å². The molecule has 1 heteroatoms. The van der Waals surface area contributed by atoms with Crippen LogP contribution in [0, 0.1) is 0 Å². The minimum atomic E-state index is 1.05. The summed E-state index contributed by atoms with van der Waals surface area (Å²) in [6, 6.07) is 0. The van der Waals surface area contributed by atoms with Crippen molar-refractivity contribution >= 4 is 0 Å². The normalized spacial score (nSPS) is 11.3. The van der Waals surface area contributed by atoms with Crippen molar-refractivity contribution in [2.45, 2.75) is 65.2 Å². The third-order valence-corrected chi connectivity index (χ3v) is 2.59. The summed E-state index contributed by atoms with van der Waals surface area (Å²) >= 11 is 0. The van der Waals surface area contributed by atoms with Gasteiger partial charge in [0.2, 0.25) is 0 Å². The molecular weight excluding hydrogens is 182 g/mol. The van der Waals surface area contributed by atoms with Crippen LogP contribution in [0.3, 0.4) is 0 Å². The molecule has 0 amide bonds. The van der Waals surface area contributed by atoms with Crippen molar-refractivity contribution < 1.29 is 0 Å². The highest BCUT2D eigenvalue weighted by Gasteiger charge is 1.88. The van der Waals surface area contributed by atoms with Gasteiger partial charge in [-0.05, 0) is 19.4 Å². The lowest BCUT2D eigenvalue weighted by Gasteiger charge is -2.01. The predicted octanol–water partition coefficient (Wildman–Crippen LogP) is 4.29. The first kappa shape index (κ1) is 14.7. The van der Waals surface area contributed by atoms with Crippen molar-refractivity contribution in [3.05, 3.63) is 12.2 Å². The van der Waals surface area contributed by atoms with Crippen LogP contribution >= 0.6 is 0 Å². The maximum Gasteiger partial charge on any atom is 0.0134 e. The highest BCUT2D eigenvalue weighted by atomic mass is 14.8. The van der Waals surface area contributed by atoms with E-state index >= 15 is 0 Å². The number of rotatable bonds is 11. The van der Waals surface area contributed by atoms with E-state index in [0.717, 1.165) is 6.54 Å². The summed E-state index contributed by atoms with van der Waals surface area (Å²) in [7, 11) is 0. The van der Waals surface area contributed by atoms with Gasteiger partial charge in [0.05, 0.1) is 0 Å². The molecule has 0 spiro atoms. The fourth-order valence-electron chi connectivity index (χ4n) is 1.58. The highest BCUT2D eigenvalue weighted by Crippen LogP contribution is 2.03. The number of hydrogen-bond acceptors (Lipinski definition) is 1. The van der Waals surface area contributed by atoms with E-state index in [-0.39, 0.29) is 0 Å². The molecule has 0 aliphatic rings. The quantitative estimate of drug-likeness (QED) is 0.397. The smallest absolute Gasteiger partial charge is 0.0134 e. The second-order valence-corrected chi connectivity index (χ2v) is 4.23. The predicted molar refractivity (Wildman–Crippen MR) is 70.3 cm³/mol. The van der Waals surface area contributed by atoms with Crippen LogP contribution in [-0.4, -0.2) is 13.1 Å². The highest BCUT2D eigenvalue weighted by molar-refractivity contribution is 4.82. The second kappa shape index (κ2) is 13.7. The fraction of sp³-hybridized carbons (Fsp3) is 0.857. The van der Waals surface area contributed by atoms with Gasteiger partial charge < -0.3 is 5.32 Å². The van der Waals surface area contributed by atoms with Crippen molar-refractivity contribution in [2.24, 2.45) is 0 Å². The molecule has 90 valence electrons. The molecule has 0 aromatic rings. The number of allylic oxidation sites excluding steroid dienone is 1. The van der Waals surface area contributed by atoms with Crippen LogP contribution in [0.15, 0.2) is 12.2 Å². The molecule has 0 aliphatic heterocycles. The van der Waals surface area contributed by atoms with E-state index in [1.807, 2.05) is 0 Å². The molecule has 0 aromatic carbocycles. The number of unbranched alkanes of at least 4 members (excludes halogenated alkanes) is 6. The lowest BCUT2D eigenvalue weighted by atomic mass is 10.1. The van der Waals surface area contributed by atoms with Gasteiger partial charge in [-0.3, -0.25) is 0 Å². The molecular formula is C14H29N. The van der Waals surface area contributed by atoms with Crippen LogP contribution in [-0.2, 0) is 0 Å². The van der Waals surface area contributed by atoms with Crippen LogP contribution in [0.4, 0.5) is 0 Å². The molecule has 0 aliphatic carbocycles. The maximum absolute atomic E-state index is 3.45. The zero-order chi connectivity index (χ0) is 11.2. The second-order valence-electron chi connectivity index (χ2n) is 4.23. The average Bonchev–Trinajstić information content (AvgIpc) is 2.26. The first-order valence-electron chi connectivity index (χ1n) is 6.77. The van der Waals surface area contributed by atoms with Crippen molar-refractivity contribution in [3.8, 4) is 0 Å². The van der Waals surface area contributed by atoms with E-state index in [2.05, 4.69) is 31.3 Å². The lowest BCUT2D eigenvalue weighted by molar-refractivity contribution is 0.585. The molecule has 15 heavy (non-hydrogen) atoms. The Labute approximate surface area is 96.3 Å². The SMILES string of the molecule is CCC/C=C/CNCCCCCCCC. The number of hydrogen-bond donors (Lipinski definition) is 1. The summed E-state index contributed by atoms with van der Waals surface area (Å²) in [5, 5.41) is 3.45. The van der Waals surface area contributed by atoms with Gasteiger partial charge in [0, 0.05) is 6.54 Å². The van der Waals surface area contributed by atoms with Crippen LogP contribution < -0.4 is 5.32 Å². The van der Waals surface area contributed by atoms with Crippen molar-refractivity contribution in [1.29, 1.82) is 0 Å². The van der Waals surface area contributed by atoms with Crippen LogP contribution in [0.1, 0.15) is 65.2 Å². The maximum atomic E-state index is 3.45. The summed E-state index contributed by atoms with van der Waals surface area (Å²) in [5.41, 5.74) is 0.